The van der Waals surface area contributed by atoms with E-state index in [1.54, 1.807) is 0 Å². The third-order valence-corrected chi connectivity index (χ3v) is 3.72. The molecule has 17 heavy (non-hydrogen) atoms. The fourth-order valence-corrected chi connectivity index (χ4v) is 2.25. The number of rotatable bonds is 10. The molecule has 0 aliphatic heterocycles. The lowest BCUT2D eigenvalue weighted by Crippen LogP contribution is -2.17. The summed E-state index contributed by atoms with van der Waals surface area (Å²) in [6.45, 7) is 3.37. The number of hydrogen-bond donors (Lipinski definition) is 2. The Hall–Kier alpha value is -0.880. The maximum absolute atomic E-state index is 10.8. The molecule has 100 valence electrons. The van der Waals surface area contributed by atoms with E-state index in [2.05, 4.69) is 6.58 Å². The van der Waals surface area contributed by atoms with Gasteiger partial charge in [-0.2, -0.15) is 8.42 Å². The maximum Gasteiger partial charge on any atom is 0.303 e. The van der Waals surface area contributed by atoms with Crippen LogP contribution in [0.5, 0.6) is 0 Å². The first-order valence-corrected chi connectivity index (χ1v) is 7.19. The molecular formula is C11H20O5S. The molecule has 0 spiro atoms. The number of carbonyl (C=O) groups is 1. The summed E-state index contributed by atoms with van der Waals surface area (Å²) < 4.78 is 30.5. The fraction of sp³-hybridized carbons (Fsp3) is 0.727. The summed E-state index contributed by atoms with van der Waals surface area (Å²) in [5.74, 6) is -0.789. The van der Waals surface area contributed by atoms with Crippen LogP contribution in [-0.4, -0.2) is 29.3 Å². The van der Waals surface area contributed by atoms with Crippen molar-refractivity contribution in [2.24, 2.45) is 0 Å². The number of carboxylic acids is 1. The molecule has 1 atom stereocenters. The van der Waals surface area contributed by atoms with Gasteiger partial charge in [0, 0.05) is 6.42 Å². The molecule has 0 aliphatic carbocycles. The highest BCUT2D eigenvalue weighted by molar-refractivity contribution is 7.86. The summed E-state index contributed by atoms with van der Waals surface area (Å²) in [7, 11) is -4.02. The van der Waals surface area contributed by atoms with Gasteiger partial charge in [-0.05, 0) is 12.8 Å². The van der Waals surface area contributed by atoms with Crippen molar-refractivity contribution in [2.45, 2.75) is 50.2 Å². The van der Waals surface area contributed by atoms with E-state index in [0.29, 0.717) is 19.3 Å². The Labute approximate surface area is 102 Å². The highest BCUT2D eigenvalue weighted by Gasteiger charge is 2.18. The summed E-state index contributed by atoms with van der Waals surface area (Å²) in [5.41, 5.74) is 0. The zero-order valence-electron chi connectivity index (χ0n) is 9.84. The molecule has 0 rings (SSSR count). The summed E-state index contributed by atoms with van der Waals surface area (Å²) in [6, 6.07) is 0. The quantitative estimate of drug-likeness (QED) is 0.358. The van der Waals surface area contributed by atoms with Crippen LogP contribution in [0, 0.1) is 0 Å². The Morgan fingerprint density at radius 3 is 2.18 bits per heavy atom. The van der Waals surface area contributed by atoms with Gasteiger partial charge in [-0.25, -0.2) is 0 Å². The lowest BCUT2D eigenvalue weighted by Gasteiger charge is -2.08. The number of unbranched alkanes of at least 4 members (excludes halogenated alkanes) is 4. The minimum atomic E-state index is -4.02. The Bertz CT molecular complexity index is 334. The highest BCUT2D eigenvalue weighted by atomic mass is 32.2. The lowest BCUT2D eigenvalue weighted by atomic mass is 10.1. The van der Waals surface area contributed by atoms with Gasteiger partial charge in [0.25, 0.3) is 10.1 Å². The molecular weight excluding hydrogens is 244 g/mol. The van der Waals surface area contributed by atoms with E-state index < -0.39 is 21.3 Å². The van der Waals surface area contributed by atoms with Crippen molar-refractivity contribution in [3.8, 4) is 0 Å². The normalized spacial score (nSPS) is 13.2. The van der Waals surface area contributed by atoms with Gasteiger partial charge in [0.2, 0.25) is 0 Å². The van der Waals surface area contributed by atoms with Gasteiger partial charge >= 0.3 is 5.97 Å². The smallest absolute Gasteiger partial charge is 0.303 e. The fourth-order valence-electron chi connectivity index (χ4n) is 1.54. The van der Waals surface area contributed by atoms with Gasteiger partial charge in [-0.1, -0.05) is 31.8 Å². The molecule has 6 heteroatoms. The Morgan fingerprint density at radius 2 is 1.71 bits per heavy atom. The molecule has 0 amide bonds. The zero-order chi connectivity index (χ0) is 13.3. The summed E-state index contributed by atoms with van der Waals surface area (Å²) >= 11 is 0. The van der Waals surface area contributed by atoms with Crippen LogP contribution in [0.25, 0.3) is 0 Å². The van der Waals surface area contributed by atoms with Crippen molar-refractivity contribution in [3.63, 3.8) is 0 Å². The molecule has 0 heterocycles. The molecule has 0 radical (unpaired) electrons. The highest BCUT2D eigenvalue weighted by Crippen LogP contribution is 2.13. The van der Waals surface area contributed by atoms with Gasteiger partial charge in [0.1, 0.15) is 5.25 Å². The van der Waals surface area contributed by atoms with E-state index >= 15 is 0 Å². The monoisotopic (exact) mass is 264 g/mol. The second-order valence-electron chi connectivity index (χ2n) is 3.99. The van der Waals surface area contributed by atoms with Crippen molar-refractivity contribution in [3.05, 3.63) is 12.7 Å². The maximum atomic E-state index is 10.8. The lowest BCUT2D eigenvalue weighted by molar-refractivity contribution is -0.137. The van der Waals surface area contributed by atoms with Crippen LogP contribution in [-0.2, 0) is 14.9 Å². The summed E-state index contributed by atoms with van der Waals surface area (Å²) in [4.78, 5) is 10.2. The van der Waals surface area contributed by atoms with Crippen molar-refractivity contribution < 1.29 is 22.9 Å². The molecule has 2 N–H and O–H groups in total. The Kier molecular flexibility index (Phi) is 7.82. The van der Waals surface area contributed by atoms with Crippen LogP contribution in [0.2, 0.25) is 0 Å². The van der Waals surface area contributed by atoms with E-state index in [9.17, 15) is 13.2 Å². The second-order valence-corrected chi connectivity index (χ2v) is 5.62. The predicted octanol–water partition coefficient (Wildman–Crippen LogP) is 2.24. The molecule has 0 aliphatic rings. The van der Waals surface area contributed by atoms with Gasteiger partial charge < -0.3 is 5.11 Å². The summed E-state index contributed by atoms with van der Waals surface area (Å²) in [5, 5.41) is 7.52. The number of aliphatic carboxylic acids is 1. The van der Waals surface area contributed by atoms with Crippen LogP contribution in [0.15, 0.2) is 12.7 Å². The molecule has 0 saturated heterocycles. The first kappa shape index (κ1) is 16.1. The van der Waals surface area contributed by atoms with Gasteiger partial charge in [-0.3, -0.25) is 9.35 Å². The van der Waals surface area contributed by atoms with Crippen LogP contribution >= 0.6 is 0 Å². The van der Waals surface area contributed by atoms with E-state index in [0.717, 1.165) is 19.3 Å². The number of hydrogen-bond acceptors (Lipinski definition) is 3. The van der Waals surface area contributed by atoms with Gasteiger partial charge in [0.05, 0.1) is 0 Å². The minimum Gasteiger partial charge on any atom is -0.481 e. The Morgan fingerprint density at radius 1 is 1.18 bits per heavy atom. The van der Waals surface area contributed by atoms with E-state index in [1.807, 2.05) is 0 Å². The van der Waals surface area contributed by atoms with E-state index in [4.69, 9.17) is 9.66 Å². The van der Waals surface area contributed by atoms with Crippen molar-refractivity contribution in [2.75, 3.05) is 0 Å². The molecule has 0 aromatic heterocycles. The van der Waals surface area contributed by atoms with Crippen molar-refractivity contribution in [1.82, 2.24) is 0 Å². The molecule has 5 nitrogen and oxygen atoms in total. The first-order chi connectivity index (χ1) is 7.88. The first-order valence-electron chi connectivity index (χ1n) is 5.68. The predicted molar refractivity (Wildman–Crippen MR) is 65.5 cm³/mol. The van der Waals surface area contributed by atoms with Crippen molar-refractivity contribution >= 4 is 16.1 Å². The molecule has 0 unspecified atom stereocenters. The van der Waals surface area contributed by atoms with Crippen molar-refractivity contribution in [1.29, 1.82) is 0 Å². The topological polar surface area (TPSA) is 91.7 Å². The third-order valence-electron chi connectivity index (χ3n) is 2.52. The summed E-state index contributed by atoms with van der Waals surface area (Å²) in [6.07, 6.45) is 5.66. The largest absolute Gasteiger partial charge is 0.481 e. The molecule has 0 saturated carbocycles. The molecule has 0 fully saturated rings. The van der Waals surface area contributed by atoms with Crippen LogP contribution in [0.3, 0.4) is 0 Å². The van der Waals surface area contributed by atoms with E-state index in [1.165, 1.54) is 6.08 Å². The van der Waals surface area contributed by atoms with E-state index in [-0.39, 0.29) is 6.42 Å². The van der Waals surface area contributed by atoms with Gasteiger partial charge in [-0.15, -0.1) is 6.58 Å². The second kappa shape index (κ2) is 8.25. The SMILES string of the molecule is C=C[C@H](CCCCCCCC(=O)O)S(=O)(=O)O. The average Bonchev–Trinajstić information content (AvgIpc) is 2.19. The Balaban J connectivity index is 3.57. The van der Waals surface area contributed by atoms with Crippen LogP contribution < -0.4 is 0 Å². The zero-order valence-corrected chi connectivity index (χ0v) is 10.7. The van der Waals surface area contributed by atoms with Crippen LogP contribution in [0.1, 0.15) is 44.9 Å². The van der Waals surface area contributed by atoms with Crippen LogP contribution in [0.4, 0.5) is 0 Å². The standard InChI is InChI=1S/C11H20O5S/c1-2-10(17(14,15)16)8-6-4-3-5-7-9-11(12)13/h2,10H,1,3-9H2,(H,12,13)(H,14,15,16)/t10-/m1/s1. The number of carboxylic acid groups (broad SMARTS) is 1. The third kappa shape index (κ3) is 8.88. The molecule has 0 aromatic carbocycles. The van der Waals surface area contributed by atoms with Gasteiger partial charge in [0.15, 0.2) is 0 Å². The minimum absolute atomic E-state index is 0.181. The molecule has 0 bridgehead atoms. The molecule has 0 aromatic rings. The average molecular weight is 264 g/mol.